The van der Waals surface area contributed by atoms with Crippen LogP contribution in [0.5, 0.6) is 0 Å². The predicted octanol–water partition coefficient (Wildman–Crippen LogP) is 2.58. The van der Waals surface area contributed by atoms with E-state index in [1.807, 2.05) is 0 Å². The number of methoxy groups -OCH3 is 1. The molecule has 1 aromatic rings. The van der Waals surface area contributed by atoms with E-state index in [0.717, 1.165) is 31.4 Å². The minimum Gasteiger partial charge on any atom is -0.383 e. The fourth-order valence-corrected chi connectivity index (χ4v) is 3.36. The number of ether oxygens (including phenoxy) is 1. The number of halogens is 1. The second-order valence-electron chi connectivity index (χ2n) is 4.98. The summed E-state index contributed by atoms with van der Waals surface area (Å²) in [7, 11) is 1.66. The number of rotatable bonds is 5. The van der Waals surface area contributed by atoms with Crippen molar-refractivity contribution in [2.75, 3.05) is 13.7 Å². The summed E-state index contributed by atoms with van der Waals surface area (Å²) in [6.07, 6.45) is 5.45. The first-order chi connectivity index (χ1) is 8.63. The highest BCUT2D eigenvalue weighted by atomic mass is 35.5. The van der Waals surface area contributed by atoms with Gasteiger partial charge in [-0.1, -0.05) is 24.9 Å². The normalized spacial score (nSPS) is 27.9. The van der Waals surface area contributed by atoms with Crippen molar-refractivity contribution in [3.63, 3.8) is 0 Å². The fraction of sp³-hybridized carbons (Fsp3) is 0.769. The molecule has 5 heteroatoms. The summed E-state index contributed by atoms with van der Waals surface area (Å²) in [4.78, 5) is 0. The van der Waals surface area contributed by atoms with Crippen LogP contribution in [0.25, 0.3) is 0 Å². The maximum Gasteiger partial charge on any atom is 0.110 e. The molecular weight excluding hydrogens is 252 g/mol. The van der Waals surface area contributed by atoms with E-state index in [9.17, 15) is 5.11 Å². The van der Waals surface area contributed by atoms with Crippen LogP contribution >= 0.6 is 11.6 Å². The second kappa shape index (κ2) is 5.59. The van der Waals surface area contributed by atoms with Crippen molar-refractivity contribution in [2.45, 2.75) is 44.8 Å². The Morgan fingerprint density at radius 1 is 1.67 bits per heavy atom. The molecule has 0 bridgehead atoms. The largest absolute Gasteiger partial charge is 0.383 e. The molecule has 1 saturated carbocycles. The Bertz CT molecular complexity index is 408. The van der Waals surface area contributed by atoms with Gasteiger partial charge in [0, 0.05) is 7.11 Å². The van der Waals surface area contributed by atoms with Gasteiger partial charge in [-0.25, -0.2) is 0 Å². The molecule has 1 N–H and O–H groups in total. The monoisotopic (exact) mass is 272 g/mol. The maximum atomic E-state index is 11.0. The van der Waals surface area contributed by atoms with Crippen LogP contribution in [0.15, 0.2) is 6.20 Å². The van der Waals surface area contributed by atoms with Gasteiger partial charge < -0.3 is 9.84 Å². The first-order valence-corrected chi connectivity index (χ1v) is 6.94. The Labute approximate surface area is 113 Å². The second-order valence-corrected chi connectivity index (χ2v) is 5.39. The Morgan fingerprint density at radius 2 is 2.44 bits per heavy atom. The van der Waals surface area contributed by atoms with E-state index >= 15 is 0 Å². The topological polar surface area (TPSA) is 47.3 Å². The molecule has 1 aliphatic carbocycles. The summed E-state index contributed by atoms with van der Waals surface area (Å²) < 4.78 is 6.86. The minimum absolute atomic E-state index is 0.271. The molecule has 0 amide bonds. The third-order valence-corrected chi connectivity index (χ3v) is 4.27. The van der Waals surface area contributed by atoms with Gasteiger partial charge in [-0.2, -0.15) is 5.10 Å². The van der Waals surface area contributed by atoms with Crippen LogP contribution in [-0.2, 0) is 16.9 Å². The van der Waals surface area contributed by atoms with E-state index in [4.69, 9.17) is 16.3 Å². The van der Waals surface area contributed by atoms with Gasteiger partial charge in [0.15, 0.2) is 0 Å². The summed E-state index contributed by atoms with van der Waals surface area (Å²) in [5, 5.41) is 15.8. The number of aliphatic hydroxyl groups is 1. The number of hydrogen-bond donors (Lipinski definition) is 1. The van der Waals surface area contributed by atoms with Crippen molar-refractivity contribution >= 4 is 11.6 Å². The van der Waals surface area contributed by atoms with Crippen LogP contribution in [0.2, 0.25) is 5.02 Å². The minimum atomic E-state index is -0.823. The van der Waals surface area contributed by atoms with E-state index < -0.39 is 5.60 Å². The summed E-state index contributed by atoms with van der Waals surface area (Å²) >= 11 is 6.23. The molecule has 1 aromatic heterocycles. The average molecular weight is 273 g/mol. The van der Waals surface area contributed by atoms with E-state index in [0.29, 0.717) is 18.2 Å². The quantitative estimate of drug-likeness (QED) is 0.896. The van der Waals surface area contributed by atoms with Crippen LogP contribution in [-0.4, -0.2) is 28.6 Å². The summed E-state index contributed by atoms with van der Waals surface area (Å²) in [5.41, 5.74) is -0.0543. The van der Waals surface area contributed by atoms with Crippen molar-refractivity contribution < 1.29 is 9.84 Å². The van der Waals surface area contributed by atoms with Gasteiger partial charge in [-0.05, 0) is 25.2 Å². The maximum absolute atomic E-state index is 11.0. The SMILES string of the molecule is CCC1CCCC1(O)c1c(Cl)cnn1CCOC. The van der Waals surface area contributed by atoms with Crippen molar-refractivity contribution in [1.29, 1.82) is 0 Å². The zero-order valence-corrected chi connectivity index (χ0v) is 11.8. The first kappa shape index (κ1) is 13.8. The van der Waals surface area contributed by atoms with Gasteiger partial charge in [0.1, 0.15) is 5.60 Å². The van der Waals surface area contributed by atoms with Crippen molar-refractivity contribution in [3.05, 3.63) is 16.9 Å². The van der Waals surface area contributed by atoms with Crippen molar-refractivity contribution in [1.82, 2.24) is 9.78 Å². The summed E-state index contributed by atoms with van der Waals surface area (Å²) in [6.45, 7) is 3.31. The molecule has 0 aromatic carbocycles. The molecule has 1 heterocycles. The molecule has 1 fully saturated rings. The van der Waals surface area contributed by atoms with Gasteiger partial charge in [-0.3, -0.25) is 4.68 Å². The van der Waals surface area contributed by atoms with Crippen LogP contribution in [0.1, 0.15) is 38.3 Å². The zero-order valence-electron chi connectivity index (χ0n) is 11.0. The molecule has 18 heavy (non-hydrogen) atoms. The fourth-order valence-electron chi connectivity index (χ4n) is 3.05. The van der Waals surface area contributed by atoms with E-state index in [2.05, 4.69) is 12.0 Å². The number of nitrogens with zero attached hydrogens (tertiary/aromatic N) is 2. The Kier molecular flexibility index (Phi) is 4.30. The lowest BCUT2D eigenvalue weighted by Crippen LogP contribution is -2.33. The van der Waals surface area contributed by atoms with Crippen molar-refractivity contribution in [3.8, 4) is 0 Å². The number of aromatic nitrogens is 2. The standard InChI is InChI=1S/C13H21ClN2O2/c1-3-10-5-4-6-13(10,17)12-11(14)9-15-16(12)7-8-18-2/h9-10,17H,3-8H2,1-2H3. The molecule has 4 nitrogen and oxygen atoms in total. The Hall–Kier alpha value is -0.580. The van der Waals surface area contributed by atoms with Gasteiger partial charge in [-0.15, -0.1) is 0 Å². The van der Waals surface area contributed by atoms with Crippen molar-refractivity contribution in [2.24, 2.45) is 5.92 Å². The lowest BCUT2D eigenvalue weighted by Gasteiger charge is -2.30. The summed E-state index contributed by atoms with van der Waals surface area (Å²) in [5.74, 6) is 0.271. The number of hydrogen-bond acceptors (Lipinski definition) is 3. The smallest absolute Gasteiger partial charge is 0.110 e. The van der Waals surface area contributed by atoms with Crippen LogP contribution in [0, 0.1) is 5.92 Å². The molecule has 0 radical (unpaired) electrons. The molecule has 0 aliphatic heterocycles. The highest BCUT2D eigenvalue weighted by molar-refractivity contribution is 6.31. The van der Waals surface area contributed by atoms with Gasteiger partial charge in [0.05, 0.1) is 30.1 Å². The molecule has 2 unspecified atom stereocenters. The Balaban J connectivity index is 2.33. The Morgan fingerprint density at radius 3 is 3.11 bits per heavy atom. The highest BCUT2D eigenvalue weighted by Crippen LogP contribution is 2.47. The van der Waals surface area contributed by atoms with E-state index in [-0.39, 0.29) is 5.92 Å². The predicted molar refractivity (Wildman–Crippen MR) is 70.6 cm³/mol. The van der Waals surface area contributed by atoms with E-state index in [1.54, 1.807) is 18.0 Å². The van der Waals surface area contributed by atoms with Gasteiger partial charge in [0.2, 0.25) is 0 Å². The third-order valence-electron chi connectivity index (χ3n) is 3.99. The van der Waals surface area contributed by atoms with Crippen LogP contribution in [0.3, 0.4) is 0 Å². The molecule has 102 valence electrons. The molecule has 1 aliphatic rings. The first-order valence-electron chi connectivity index (χ1n) is 6.56. The highest BCUT2D eigenvalue weighted by Gasteiger charge is 2.45. The molecule has 0 spiro atoms. The molecule has 0 saturated heterocycles. The summed E-state index contributed by atoms with van der Waals surface area (Å²) in [6, 6.07) is 0. The van der Waals surface area contributed by atoms with E-state index in [1.165, 1.54) is 0 Å². The van der Waals surface area contributed by atoms with Gasteiger partial charge in [0.25, 0.3) is 0 Å². The molecule has 2 atom stereocenters. The lowest BCUT2D eigenvalue weighted by atomic mass is 9.85. The zero-order chi connectivity index (χ0) is 13.2. The molecule has 2 rings (SSSR count). The lowest BCUT2D eigenvalue weighted by molar-refractivity contribution is -0.0129. The van der Waals surface area contributed by atoms with Crippen LogP contribution in [0.4, 0.5) is 0 Å². The van der Waals surface area contributed by atoms with Gasteiger partial charge >= 0.3 is 0 Å². The average Bonchev–Trinajstić information content (AvgIpc) is 2.90. The molecular formula is C13H21ClN2O2. The van der Waals surface area contributed by atoms with Crippen LogP contribution < -0.4 is 0 Å². The third kappa shape index (κ3) is 2.29.